The number of halogens is 2. The third-order valence-corrected chi connectivity index (χ3v) is 7.52. The minimum atomic E-state index is -3.34. The lowest BCUT2D eigenvalue weighted by molar-refractivity contribution is -0.119. The zero-order valence-corrected chi connectivity index (χ0v) is 20.9. The van der Waals surface area contributed by atoms with E-state index in [0.29, 0.717) is 17.8 Å². The van der Waals surface area contributed by atoms with E-state index in [-0.39, 0.29) is 5.75 Å². The fraction of sp³-hybridized carbons (Fsp3) is 0.433. The molecule has 3 N–H and O–H groups in total. The average Bonchev–Trinajstić information content (AvgIpc) is 2.85. The summed E-state index contributed by atoms with van der Waals surface area (Å²) in [6, 6.07) is 15.3. The summed E-state index contributed by atoms with van der Waals surface area (Å²) in [6.07, 6.45) is 7.74. The quantitative estimate of drug-likeness (QED) is 0.410. The summed E-state index contributed by atoms with van der Waals surface area (Å²) in [5, 5.41) is 20.6. The lowest BCUT2D eigenvalue weighted by Gasteiger charge is -2.44. The molecule has 4 nitrogen and oxygen atoms in total. The SMILES string of the molecule is CC1CC2CC(C)/C(=C(\c3ccc(O)cc3)c3ccc(/C=C/C(=O)NCC(F)(F)CO)cc3)C(C1)C2. The Morgan fingerprint density at radius 3 is 2.28 bits per heavy atom. The molecule has 0 saturated heterocycles. The number of phenolic OH excluding ortho intramolecular Hbond substituents is 1. The van der Waals surface area contributed by atoms with Gasteiger partial charge in [-0.15, -0.1) is 0 Å². The van der Waals surface area contributed by atoms with E-state index in [1.807, 2.05) is 36.4 Å². The molecule has 0 heterocycles. The Labute approximate surface area is 211 Å². The van der Waals surface area contributed by atoms with E-state index in [0.717, 1.165) is 22.6 Å². The second-order valence-electron chi connectivity index (χ2n) is 10.6. The van der Waals surface area contributed by atoms with E-state index in [9.17, 15) is 18.7 Å². The number of aromatic hydroxyl groups is 1. The number of carbonyl (C=O) groups excluding carboxylic acids is 1. The molecule has 6 heteroatoms. The highest BCUT2D eigenvalue weighted by Gasteiger charge is 2.38. The number of aliphatic hydroxyl groups excluding tert-OH is 1. The maximum absolute atomic E-state index is 13.1. The smallest absolute Gasteiger partial charge is 0.287 e. The topological polar surface area (TPSA) is 69.6 Å². The van der Waals surface area contributed by atoms with E-state index in [1.165, 1.54) is 42.9 Å². The number of hydrogen-bond donors (Lipinski definition) is 3. The van der Waals surface area contributed by atoms with E-state index >= 15 is 0 Å². The molecule has 4 unspecified atom stereocenters. The summed E-state index contributed by atoms with van der Waals surface area (Å²) in [6.45, 7) is 2.47. The highest BCUT2D eigenvalue weighted by Crippen LogP contribution is 2.51. The number of alkyl halides is 2. The molecule has 192 valence electrons. The number of fused-ring (bicyclic) bond motifs is 2. The first kappa shape index (κ1) is 26.1. The van der Waals surface area contributed by atoms with Crippen LogP contribution in [0.5, 0.6) is 5.75 Å². The van der Waals surface area contributed by atoms with Crippen molar-refractivity contribution in [2.75, 3.05) is 13.2 Å². The van der Waals surface area contributed by atoms with E-state index in [4.69, 9.17) is 5.11 Å². The van der Waals surface area contributed by atoms with Crippen molar-refractivity contribution in [3.8, 4) is 5.75 Å². The third kappa shape index (κ3) is 6.22. The van der Waals surface area contributed by atoms with Crippen molar-refractivity contribution >= 4 is 17.6 Å². The Morgan fingerprint density at radius 2 is 1.64 bits per heavy atom. The predicted octanol–water partition coefficient (Wildman–Crippen LogP) is 6.04. The molecule has 4 atom stereocenters. The van der Waals surface area contributed by atoms with Crippen LogP contribution in [0.1, 0.15) is 56.2 Å². The molecule has 2 aliphatic rings. The number of hydrogen-bond acceptors (Lipinski definition) is 3. The van der Waals surface area contributed by atoms with Gasteiger partial charge in [-0.2, -0.15) is 0 Å². The van der Waals surface area contributed by atoms with Crippen molar-refractivity contribution in [2.24, 2.45) is 23.7 Å². The summed E-state index contributed by atoms with van der Waals surface area (Å²) in [5.41, 5.74) is 5.67. The molecular weight excluding hydrogens is 460 g/mol. The maximum Gasteiger partial charge on any atom is 0.287 e. The van der Waals surface area contributed by atoms with Crippen LogP contribution in [0.4, 0.5) is 8.78 Å². The summed E-state index contributed by atoms with van der Waals surface area (Å²) in [7, 11) is 0. The van der Waals surface area contributed by atoms with Gasteiger partial charge >= 0.3 is 0 Å². The fourth-order valence-corrected chi connectivity index (χ4v) is 6.06. The van der Waals surface area contributed by atoms with Crippen molar-refractivity contribution in [1.29, 1.82) is 0 Å². The van der Waals surface area contributed by atoms with Crippen molar-refractivity contribution in [1.82, 2.24) is 5.32 Å². The minimum absolute atomic E-state index is 0.238. The highest BCUT2D eigenvalue weighted by molar-refractivity contribution is 5.92. The number of phenols is 1. The van der Waals surface area contributed by atoms with Gasteiger partial charge in [0.05, 0.1) is 6.54 Å². The number of rotatable bonds is 7. The molecule has 2 aliphatic carbocycles. The Morgan fingerprint density at radius 1 is 1.00 bits per heavy atom. The van der Waals surface area contributed by atoms with Crippen LogP contribution in [0.2, 0.25) is 0 Å². The number of allylic oxidation sites excluding steroid dienone is 1. The van der Waals surface area contributed by atoms with Crippen molar-refractivity contribution in [3.63, 3.8) is 0 Å². The third-order valence-electron chi connectivity index (χ3n) is 7.52. The van der Waals surface area contributed by atoms with Crippen LogP contribution in [-0.2, 0) is 4.79 Å². The minimum Gasteiger partial charge on any atom is -0.508 e. The van der Waals surface area contributed by atoms with Gasteiger partial charge in [-0.05, 0) is 89.8 Å². The zero-order valence-electron chi connectivity index (χ0n) is 20.9. The summed E-state index contributed by atoms with van der Waals surface area (Å²) < 4.78 is 26.3. The van der Waals surface area contributed by atoms with Gasteiger partial charge in [0.1, 0.15) is 12.4 Å². The second-order valence-corrected chi connectivity index (χ2v) is 10.6. The molecule has 0 radical (unpaired) electrons. The van der Waals surface area contributed by atoms with Crippen LogP contribution < -0.4 is 5.32 Å². The molecule has 1 amide bonds. The van der Waals surface area contributed by atoms with Gasteiger partial charge in [0.15, 0.2) is 0 Å². The first-order chi connectivity index (χ1) is 17.1. The van der Waals surface area contributed by atoms with E-state index in [1.54, 1.807) is 18.2 Å². The monoisotopic (exact) mass is 495 g/mol. The number of carbonyl (C=O) groups is 1. The Bertz CT molecular complexity index is 1120. The predicted molar refractivity (Wildman–Crippen MR) is 138 cm³/mol. The zero-order chi connectivity index (χ0) is 25.9. The molecule has 0 aliphatic heterocycles. The lowest BCUT2D eigenvalue weighted by Crippen LogP contribution is -2.38. The fourth-order valence-electron chi connectivity index (χ4n) is 6.06. The molecular formula is C30H35F2NO3. The average molecular weight is 496 g/mol. The maximum atomic E-state index is 13.1. The first-order valence-electron chi connectivity index (χ1n) is 12.7. The molecule has 2 saturated carbocycles. The molecule has 36 heavy (non-hydrogen) atoms. The van der Waals surface area contributed by atoms with Crippen molar-refractivity contribution in [3.05, 3.63) is 76.9 Å². The Kier molecular flexibility index (Phi) is 7.94. The number of benzene rings is 2. The Hall–Kier alpha value is -2.99. The van der Waals surface area contributed by atoms with Crippen molar-refractivity contribution in [2.45, 2.75) is 45.5 Å². The summed E-state index contributed by atoms with van der Waals surface area (Å²) in [4.78, 5) is 11.9. The molecule has 2 aromatic carbocycles. The van der Waals surface area contributed by atoms with Gasteiger partial charge < -0.3 is 15.5 Å². The number of amides is 1. The van der Waals surface area contributed by atoms with Gasteiger partial charge in [0, 0.05) is 6.08 Å². The second kappa shape index (κ2) is 11.0. The molecule has 0 aromatic heterocycles. The molecule has 2 bridgehead atoms. The molecule has 2 fully saturated rings. The van der Waals surface area contributed by atoms with Crippen LogP contribution in [0.15, 0.2) is 60.2 Å². The summed E-state index contributed by atoms with van der Waals surface area (Å²) in [5.74, 6) is -1.21. The standard InChI is InChI=1S/C30H35F2NO3/c1-19-13-22-15-20(2)28(25(14-19)16-22)29(24-8-10-26(35)11-9-24)23-6-3-21(4-7-23)5-12-27(36)33-17-30(31,32)18-34/h3-12,19-20,22,25,34-35H,13-18H2,1-2H3,(H,33,36)/b12-5+,29-28+. The van der Waals surface area contributed by atoms with Crippen LogP contribution in [0, 0.1) is 23.7 Å². The van der Waals surface area contributed by atoms with Crippen LogP contribution in [0.3, 0.4) is 0 Å². The lowest BCUT2D eigenvalue weighted by atomic mass is 9.61. The van der Waals surface area contributed by atoms with E-state index < -0.39 is 25.0 Å². The highest BCUT2D eigenvalue weighted by atomic mass is 19.3. The molecule has 2 aromatic rings. The van der Waals surface area contributed by atoms with Crippen LogP contribution in [-0.4, -0.2) is 35.2 Å². The van der Waals surface area contributed by atoms with Crippen LogP contribution >= 0.6 is 0 Å². The van der Waals surface area contributed by atoms with Crippen molar-refractivity contribution < 1.29 is 23.8 Å². The number of aliphatic hydroxyl groups is 1. The van der Waals surface area contributed by atoms with Gasteiger partial charge in [-0.1, -0.05) is 55.8 Å². The molecule has 4 rings (SSSR count). The largest absolute Gasteiger partial charge is 0.508 e. The normalized spacial score (nSPS) is 25.6. The summed E-state index contributed by atoms with van der Waals surface area (Å²) >= 11 is 0. The van der Waals surface area contributed by atoms with Gasteiger partial charge in [0.25, 0.3) is 5.92 Å². The van der Waals surface area contributed by atoms with E-state index in [2.05, 4.69) is 19.2 Å². The van der Waals surface area contributed by atoms with Gasteiger partial charge in [-0.3, -0.25) is 4.79 Å². The van der Waals surface area contributed by atoms with Gasteiger partial charge in [0.2, 0.25) is 5.91 Å². The Balaban J connectivity index is 1.62. The molecule has 0 spiro atoms. The van der Waals surface area contributed by atoms with Crippen LogP contribution in [0.25, 0.3) is 11.6 Å². The first-order valence-corrected chi connectivity index (χ1v) is 12.7. The van der Waals surface area contributed by atoms with Gasteiger partial charge in [-0.25, -0.2) is 8.78 Å². The number of nitrogens with one attached hydrogen (secondary N) is 1.